The van der Waals surface area contributed by atoms with E-state index in [1.54, 1.807) is 14.2 Å². The van der Waals surface area contributed by atoms with Gasteiger partial charge in [0.25, 0.3) is 0 Å². The van der Waals surface area contributed by atoms with Gasteiger partial charge >= 0.3 is 0 Å². The Balaban J connectivity index is 1.84. The normalized spacial score (nSPS) is 17.0. The molecule has 1 atom stereocenters. The second-order valence-electron chi connectivity index (χ2n) is 5.84. The van der Waals surface area contributed by atoms with Gasteiger partial charge < -0.3 is 19.8 Å². The highest BCUT2D eigenvalue weighted by Gasteiger charge is 2.25. The molecular formula is C19H20N2O2. The summed E-state index contributed by atoms with van der Waals surface area (Å²) in [6, 6.07) is 14.6. The molecule has 1 aliphatic heterocycles. The summed E-state index contributed by atoms with van der Waals surface area (Å²) in [5.74, 6) is 1.78. The van der Waals surface area contributed by atoms with Gasteiger partial charge in [0, 0.05) is 23.1 Å². The molecule has 4 nitrogen and oxygen atoms in total. The predicted molar refractivity (Wildman–Crippen MR) is 91.4 cm³/mol. The third-order valence-electron chi connectivity index (χ3n) is 4.59. The van der Waals surface area contributed by atoms with Crippen LogP contribution in [0.3, 0.4) is 0 Å². The van der Waals surface area contributed by atoms with Crippen molar-refractivity contribution in [3.63, 3.8) is 0 Å². The summed E-state index contributed by atoms with van der Waals surface area (Å²) in [4.78, 5) is 3.59. The summed E-state index contributed by atoms with van der Waals surface area (Å²) in [6.07, 6.45) is 1.02. The summed E-state index contributed by atoms with van der Waals surface area (Å²) < 4.78 is 10.7. The smallest absolute Gasteiger partial charge is 0.119 e. The van der Waals surface area contributed by atoms with Gasteiger partial charge in [-0.05, 0) is 47.9 Å². The van der Waals surface area contributed by atoms with Gasteiger partial charge in [0.1, 0.15) is 11.5 Å². The van der Waals surface area contributed by atoms with E-state index in [1.165, 1.54) is 22.2 Å². The minimum atomic E-state index is 0.159. The molecule has 23 heavy (non-hydrogen) atoms. The van der Waals surface area contributed by atoms with Crippen LogP contribution in [-0.4, -0.2) is 25.7 Å². The van der Waals surface area contributed by atoms with Crippen LogP contribution in [0.1, 0.15) is 22.9 Å². The molecule has 4 heteroatoms. The standard InChI is InChI=1S/C19H20N2O2/c1-22-13-5-3-4-12(10-13)18-19-15(8-9-20-18)16-11-14(23-2)6-7-17(16)21-19/h3-7,10-11,18,20-21H,8-9H2,1-2H3. The topological polar surface area (TPSA) is 46.3 Å². The lowest BCUT2D eigenvalue weighted by atomic mass is 9.94. The molecule has 1 unspecified atom stereocenters. The number of H-pyrrole nitrogens is 1. The minimum Gasteiger partial charge on any atom is -0.497 e. The molecule has 1 aromatic heterocycles. The predicted octanol–water partition coefficient (Wildman–Crippen LogP) is 3.42. The molecule has 0 spiro atoms. The maximum atomic E-state index is 5.38. The van der Waals surface area contributed by atoms with Gasteiger partial charge in [-0.25, -0.2) is 0 Å². The molecule has 0 aliphatic carbocycles. The number of fused-ring (bicyclic) bond motifs is 3. The maximum Gasteiger partial charge on any atom is 0.119 e. The number of ether oxygens (including phenoxy) is 2. The molecule has 2 aromatic carbocycles. The number of aromatic amines is 1. The van der Waals surface area contributed by atoms with Gasteiger partial charge in [0.15, 0.2) is 0 Å². The molecule has 4 rings (SSSR count). The highest BCUT2D eigenvalue weighted by atomic mass is 16.5. The van der Waals surface area contributed by atoms with Crippen LogP contribution in [0.5, 0.6) is 11.5 Å². The molecule has 118 valence electrons. The Morgan fingerprint density at radius 3 is 2.65 bits per heavy atom. The van der Waals surface area contributed by atoms with Crippen molar-refractivity contribution in [3.05, 3.63) is 59.3 Å². The van der Waals surface area contributed by atoms with Gasteiger partial charge in [-0.15, -0.1) is 0 Å². The molecule has 0 fully saturated rings. The summed E-state index contributed by atoms with van der Waals surface area (Å²) >= 11 is 0. The summed E-state index contributed by atoms with van der Waals surface area (Å²) in [7, 11) is 3.41. The molecule has 2 N–H and O–H groups in total. The van der Waals surface area contributed by atoms with Crippen LogP contribution in [-0.2, 0) is 6.42 Å². The molecular weight excluding hydrogens is 288 g/mol. The van der Waals surface area contributed by atoms with Crippen LogP contribution >= 0.6 is 0 Å². The first kappa shape index (κ1) is 14.2. The summed E-state index contributed by atoms with van der Waals surface area (Å²) in [6.45, 7) is 0.957. The molecule has 0 radical (unpaired) electrons. The van der Waals surface area contributed by atoms with Crippen molar-refractivity contribution >= 4 is 10.9 Å². The molecule has 0 bridgehead atoms. The highest BCUT2D eigenvalue weighted by Crippen LogP contribution is 2.35. The Kier molecular flexibility index (Phi) is 3.46. The zero-order valence-electron chi connectivity index (χ0n) is 13.3. The first-order valence-corrected chi connectivity index (χ1v) is 7.86. The van der Waals surface area contributed by atoms with Gasteiger partial charge in [0.05, 0.1) is 20.3 Å². The average Bonchev–Trinajstić information content (AvgIpc) is 2.99. The van der Waals surface area contributed by atoms with Crippen LogP contribution in [0, 0.1) is 0 Å². The quantitative estimate of drug-likeness (QED) is 0.779. The molecule has 1 aliphatic rings. The number of hydrogen-bond donors (Lipinski definition) is 2. The Bertz CT molecular complexity index is 854. The van der Waals surface area contributed by atoms with Crippen molar-refractivity contribution in [2.75, 3.05) is 20.8 Å². The molecule has 3 aromatic rings. The fourth-order valence-electron chi connectivity index (χ4n) is 3.44. The van der Waals surface area contributed by atoms with Crippen LogP contribution in [0.2, 0.25) is 0 Å². The SMILES string of the molecule is COc1cccc(C2NCCc3c2[nH]c2ccc(OC)cc32)c1. The van der Waals surface area contributed by atoms with Gasteiger partial charge in [-0.2, -0.15) is 0 Å². The lowest BCUT2D eigenvalue weighted by Crippen LogP contribution is -2.30. The number of hydrogen-bond acceptors (Lipinski definition) is 3. The zero-order valence-corrected chi connectivity index (χ0v) is 13.3. The van der Waals surface area contributed by atoms with Crippen molar-refractivity contribution in [1.29, 1.82) is 0 Å². The van der Waals surface area contributed by atoms with E-state index in [4.69, 9.17) is 9.47 Å². The highest BCUT2D eigenvalue weighted by molar-refractivity contribution is 5.86. The Morgan fingerprint density at radius 2 is 1.83 bits per heavy atom. The number of benzene rings is 2. The first-order valence-electron chi connectivity index (χ1n) is 7.86. The van der Waals surface area contributed by atoms with Crippen molar-refractivity contribution in [2.45, 2.75) is 12.5 Å². The molecule has 0 amide bonds. The van der Waals surface area contributed by atoms with E-state index < -0.39 is 0 Å². The second-order valence-corrected chi connectivity index (χ2v) is 5.84. The Labute approximate surface area is 135 Å². The summed E-state index contributed by atoms with van der Waals surface area (Å²) in [5.41, 5.74) is 4.99. The lowest BCUT2D eigenvalue weighted by Gasteiger charge is -2.25. The van der Waals surface area contributed by atoms with E-state index in [2.05, 4.69) is 34.6 Å². The van der Waals surface area contributed by atoms with Crippen molar-refractivity contribution in [3.8, 4) is 11.5 Å². The second kappa shape index (κ2) is 5.63. The van der Waals surface area contributed by atoms with Crippen LogP contribution < -0.4 is 14.8 Å². The Morgan fingerprint density at radius 1 is 1.00 bits per heavy atom. The van der Waals surface area contributed by atoms with Crippen molar-refractivity contribution < 1.29 is 9.47 Å². The fraction of sp³-hybridized carbons (Fsp3) is 0.263. The van der Waals surface area contributed by atoms with Crippen molar-refractivity contribution in [1.82, 2.24) is 10.3 Å². The van der Waals surface area contributed by atoms with E-state index in [9.17, 15) is 0 Å². The van der Waals surface area contributed by atoms with Gasteiger partial charge in [0.2, 0.25) is 0 Å². The lowest BCUT2D eigenvalue weighted by molar-refractivity contribution is 0.413. The largest absolute Gasteiger partial charge is 0.497 e. The molecule has 0 saturated carbocycles. The molecule has 2 heterocycles. The first-order chi connectivity index (χ1) is 11.3. The number of aromatic nitrogens is 1. The van der Waals surface area contributed by atoms with Crippen LogP contribution in [0.15, 0.2) is 42.5 Å². The van der Waals surface area contributed by atoms with E-state index in [1.807, 2.05) is 18.2 Å². The minimum absolute atomic E-state index is 0.159. The average molecular weight is 308 g/mol. The summed E-state index contributed by atoms with van der Waals surface area (Å²) in [5, 5.41) is 4.87. The van der Waals surface area contributed by atoms with Gasteiger partial charge in [-0.1, -0.05) is 12.1 Å². The van der Waals surface area contributed by atoms with E-state index >= 15 is 0 Å². The molecule has 0 saturated heterocycles. The third kappa shape index (κ3) is 2.35. The van der Waals surface area contributed by atoms with Gasteiger partial charge in [-0.3, -0.25) is 0 Å². The number of methoxy groups -OCH3 is 2. The number of rotatable bonds is 3. The van der Waals surface area contributed by atoms with Crippen molar-refractivity contribution in [2.24, 2.45) is 0 Å². The zero-order chi connectivity index (χ0) is 15.8. The Hall–Kier alpha value is -2.46. The van der Waals surface area contributed by atoms with Crippen LogP contribution in [0.25, 0.3) is 10.9 Å². The van der Waals surface area contributed by atoms with E-state index in [-0.39, 0.29) is 6.04 Å². The fourth-order valence-corrected chi connectivity index (χ4v) is 3.44. The maximum absolute atomic E-state index is 5.38. The van der Waals surface area contributed by atoms with E-state index in [0.29, 0.717) is 0 Å². The van der Waals surface area contributed by atoms with E-state index in [0.717, 1.165) is 30.0 Å². The number of nitrogens with one attached hydrogen (secondary N) is 2. The van der Waals surface area contributed by atoms with Crippen LogP contribution in [0.4, 0.5) is 0 Å². The third-order valence-corrected chi connectivity index (χ3v) is 4.59. The monoisotopic (exact) mass is 308 g/mol.